The summed E-state index contributed by atoms with van der Waals surface area (Å²) in [5, 5.41) is 7.08. The minimum absolute atomic E-state index is 0.0100. The van der Waals surface area contributed by atoms with Crippen molar-refractivity contribution in [3.05, 3.63) is 52.2 Å². The first-order chi connectivity index (χ1) is 13.7. The van der Waals surface area contributed by atoms with E-state index in [2.05, 4.69) is 15.4 Å². The van der Waals surface area contributed by atoms with Crippen LogP contribution >= 0.6 is 0 Å². The lowest BCUT2D eigenvalue weighted by molar-refractivity contribution is -0.116. The summed E-state index contributed by atoms with van der Waals surface area (Å²) in [6.45, 7) is 3.66. The summed E-state index contributed by atoms with van der Waals surface area (Å²) in [5.41, 5.74) is 3.12. The van der Waals surface area contributed by atoms with E-state index in [1.807, 2.05) is 32.0 Å². The molecule has 9 nitrogen and oxygen atoms in total. The number of sulfone groups is 1. The van der Waals surface area contributed by atoms with Gasteiger partial charge in [-0.05, 0) is 43.5 Å². The Morgan fingerprint density at radius 3 is 2.55 bits per heavy atom. The quantitative estimate of drug-likeness (QED) is 0.685. The molecule has 2 aromatic heterocycles. The number of hydrogen-bond donors (Lipinski definition) is 1. The zero-order valence-corrected chi connectivity index (χ0v) is 16.9. The van der Waals surface area contributed by atoms with Crippen LogP contribution in [0.4, 0.5) is 5.69 Å². The topological polar surface area (TPSA) is 116 Å². The Balaban J connectivity index is 1.63. The summed E-state index contributed by atoms with van der Waals surface area (Å²) in [6.07, 6.45) is 3.33. The number of anilines is 1. The van der Waals surface area contributed by atoms with Gasteiger partial charge in [-0.15, -0.1) is 0 Å². The van der Waals surface area contributed by atoms with Gasteiger partial charge in [-0.25, -0.2) is 13.2 Å². The number of rotatable bonds is 4. The van der Waals surface area contributed by atoms with E-state index < -0.39 is 15.5 Å². The number of aromatic nitrogens is 4. The first-order valence-electron chi connectivity index (χ1n) is 9.23. The maximum absolute atomic E-state index is 12.5. The second kappa shape index (κ2) is 7.11. The van der Waals surface area contributed by atoms with E-state index in [-0.39, 0.29) is 30.0 Å². The van der Waals surface area contributed by atoms with E-state index in [0.717, 1.165) is 11.1 Å². The number of carbonyl (C=O) groups excluding carboxylic acids is 1. The van der Waals surface area contributed by atoms with Crippen LogP contribution in [0.5, 0.6) is 0 Å². The summed E-state index contributed by atoms with van der Waals surface area (Å²) in [6, 6.07) is 5.41. The second-order valence-electron chi connectivity index (χ2n) is 7.47. The van der Waals surface area contributed by atoms with Crippen molar-refractivity contribution in [3.63, 3.8) is 0 Å². The molecule has 29 heavy (non-hydrogen) atoms. The van der Waals surface area contributed by atoms with Crippen molar-refractivity contribution >= 4 is 32.5 Å². The lowest BCUT2D eigenvalue weighted by atomic mass is 10.1. The van der Waals surface area contributed by atoms with Gasteiger partial charge in [0.25, 0.3) is 0 Å². The predicted octanol–water partition coefficient (Wildman–Crippen LogP) is 1.21. The first kappa shape index (κ1) is 19.3. The number of aryl methyl sites for hydroxylation is 2. The molecule has 4 rings (SSSR count). The molecule has 3 heterocycles. The number of hydrogen-bond acceptors (Lipinski definition) is 6. The molecule has 1 atom stereocenters. The Morgan fingerprint density at radius 2 is 1.90 bits per heavy atom. The predicted molar refractivity (Wildman–Crippen MR) is 109 cm³/mol. The van der Waals surface area contributed by atoms with Crippen LogP contribution in [-0.2, 0) is 21.2 Å². The third-order valence-electron chi connectivity index (χ3n) is 4.99. The van der Waals surface area contributed by atoms with Crippen LogP contribution in [0.2, 0.25) is 0 Å². The third-order valence-corrected chi connectivity index (χ3v) is 6.74. The molecule has 1 aliphatic rings. The highest BCUT2D eigenvalue weighted by Crippen LogP contribution is 2.26. The monoisotopic (exact) mass is 415 g/mol. The summed E-state index contributed by atoms with van der Waals surface area (Å²) in [7, 11) is -3.08. The van der Waals surface area contributed by atoms with Gasteiger partial charge in [0, 0.05) is 5.69 Å². The van der Waals surface area contributed by atoms with Crippen LogP contribution in [0.3, 0.4) is 0 Å². The normalized spacial score (nSPS) is 18.2. The molecule has 0 aliphatic carbocycles. The molecule has 1 fully saturated rings. The molecule has 10 heteroatoms. The highest BCUT2D eigenvalue weighted by molar-refractivity contribution is 7.91. The fourth-order valence-electron chi connectivity index (χ4n) is 3.79. The molecule has 3 aromatic rings. The molecule has 1 N–H and O–H groups in total. The molecule has 1 aliphatic heterocycles. The average Bonchev–Trinajstić information content (AvgIpc) is 3.19. The number of nitrogens with zero attached hydrogens (tertiary/aromatic N) is 4. The molecule has 1 unspecified atom stereocenters. The van der Waals surface area contributed by atoms with Crippen LogP contribution in [-0.4, -0.2) is 45.2 Å². The number of amides is 1. The fraction of sp³-hybridized carbons (Fsp3) is 0.368. The van der Waals surface area contributed by atoms with Gasteiger partial charge >= 0.3 is 5.69 Å². The molecule has 0 spiro atoms. The van der Waals surface area contributed by atoms with E-state index in [4.69, 9.17) is 0 Å². The van der Waals surface area contributed by atoms with E-state index >= 15 is 0 Å². The zero-order chi connectivity index (χ0) is 20.8. The van der Waals surface area contributed by atoms with Gasteiger partial charge in [0.1, 0.15) is 12.1 Å². The van der Waals surface area contributed by atoms with Crippen LogP contribution < -0.4 is 11.0 Å². The lowest BCUT2D eigenvalue weighted by Crippen LogP contribution is -2.29. The van der Waals surface area contributed by atoms with Crippen molar-refractivity contribution in [1.82, 2.24) is 19.3 Å². The van der Waals surface area contributed by atoms with E-state index in [1.54, 1.807) is 4.68 Å². The van der Waals surface area contributed by atoms with Crippen molar-refractivity contribution < 1.29 is 13.2 Å². The largest absolute Gasteiger partial charge is 0.348 e. The molecule has 0 radical (unpaired) electrons. The number of carbonyl (C=O) groups is 1. The third kappa shape index (κ3) is 3.93. The standard InChI is InChI=1S/C19H21N5O4S/c1-12-5-13(2)7-14(6-12)22-18(25)10-23-16-9-21-24(17(16)8-20-19(23)26)15-3-4-29(27,28)11-15/h5-9,15H,3-4,10-11H2,1-2H3,(H,22,25). The summed E-state index contributed by atoms with van der Waals surface area (Å²) in [4.78, 5) is 28.7. The van der Waals surface area contributed by atoms with Gasteiger partial charge in [0.15, 0.2) is 9.84 Å². The van der Waals surface area contributed by atoms with Gasteiger partial charge in [-0.1, -0.05) is 6.07 Å². The zero-order valence-electron chi connectivity index (χ0n) is 16.1. The van der Waals surface area contributed by atoms with Crippen LogP contribution in [0.25, 0.3) is 11.0 Å². The Hall–Kier alpha value is -3.01. The molecule has 0 bridgehead atoms. The second-order valence-corrected chi connectivity index (χ2v) is 9.70. The maximum Gasteiger partial charge on any atom is 0.348 e. The molecule has 0 saturated carbocycles. The van der Waals surface area contributed by atoms with Gasteiger partial charge in [-0.2, -0.15) is 10.1 Å². The highest BCUT2D eigenvalue weighted by atomic mass is 32.2. The summed E-state index contributed by atoms with van der Waals surface area (Å²) in [5.74, 6) is -0.233. The average molecular weight is 415 g/mol. The van der Waals surface area contributed by atoms with Crippen molar-refractivity contribution in [2.45, 2.75) is 32.9 Å². The fourth-order valence-corrected chi connectivity index (χ4v) is 5.48. The highest BCUT2D eigenvalue weighted by Gasteiger charge is 2.31. The number of nitrogens with one attached hydrogen (secondary N) is 1. The molecule has 1 amide bonds. The SMILES string of the molecule is Cc1cc(C)cc(NC(=O)Cn2c(=O)ncc3c2cnn3C2CCS(=O)(=O)C2)c1. The minimum Gasteiger partial charge on any atom is -0.325 e. The van der Waals surface area contributed by atoms with E-state index in [1.165, 1.54) is 17.0 Å². The molecule has 1 saturated heterocycles. The Kier molecular flexibility index (Phi) is 4.73. The lowest BCUT2D eigenvalue weighted by Gasteiger charge is -2.11. The Bertz CT molecular complexity index is 1260. The van der Waals surface area contributed by atoms with Gasteiger partial charge in [-0.3, -0.25) is 14.0 Å². The molecule has 1 aromatic carbocycles. The summed E-state index contributed by atoms with van der Waals surface area (Å²) >= 11 is 0. The first-order valence-corrected chi connectivity index (χ1v) is 11.1. The smallest absolute Gasteiger partial charge is 0.325 e. The molecular weight excluding hydrogens is 394 g/mol. The summed E-state index contributed by atoms with van der Waals surface area (Å²) < 4.78 is 26.4. The van der Waals surface area contributed by atoms with Crippen LogP contribution in [0.15, 0.2) is 35.4 Å². The molecule has 152 valence electrons. The molecular formula is C19H21N5O4S. The van der Waals surface area contributed by atoms with Crippen LogP contribution in [0.1, 0.15) is 23.6 Å². The van der Waals surface area contributed by atoms with E-state index in [0.29, 0.717) is 23.1 Å². The van der Waals surface area contributed by atoms with Gasteiger partial charge in [0.2, 0.25) is 5.91 Å². The van der Waals surface area contributed by atoms with Crippen molar-refractivity contribution in [2.24, 2.45) is 0 Å². The van der Waals surface area contributed by atoms with Crippen molar-refractivity contribution in [2.75, 3.05) is 16.8 Å². The Labute approximate surface area is 167 Å². The van der Waals surface area contributed by atoms with Gasteiger partial charge in [0.05, 0.1) is 35.5 Å². The van der Waals surface area contributed by atoms with Crippen molar-refractivity contribution in [3.8, 4) is 0 Å². The number of benzene rings is 1. The van der Waals surface area contributed by atoms with Crippen LogP contribution in [0, 0.1) is 13.8 Å². The van der Waals surface area contributed by atoms with Gasteiger partial charge < -0.3 is 5.32 Å². The van der Waals surface area contributed by atoms with E-state index in [9.17, 15) is 18.0 Å². The van der Waals surface area contributed by atoms with Crippen molar-refractivity contribution in [1.29, 1.82) is 0 Å². The number of fused-ring (bicyclic) bond motifs is 1. The Morgan fingerprint density at radius 1 is 1.17 bits per heavy atom. The maximum atomic E-state index is 12.5. The minimum atomic E-state index is -3.08.